The molecular formula is C30H36N2O4. The van der Waals surface area contributed by atoms with Crippen LogP contribution in [0.3, 0.4) is 0 Å². The molecule has 3 rings (SSSR count). The first-order valence-electron chi connectivity index (χ1n) is 12.5. The lowest BCUT2D eigenvalue weighted by Gasteiger charge is -2.10. The molecule has 0 bridgehead atoms. The van der Waals surface area contributed by atoms with E-state index >= 15 is 0 Å². The Kier molecular flexibility index (Phi) is 9.92. The van der Waals surface area contributed by atoms with Crippen LogP contribution in [0.2, 0.25) is 0 Å². The molecule has 2 N–H and O–H groups in total. The van der Waals surface area contributed by atoms with Crippen LogP contribution in [-0.2, 0) is 0 Å². The summed E-state index contributed by atoms with van der Waals surface area (Å²) >= 11 is 0. The van der Waals surface area contributed by atoms with Crippen molar-refractivity contribution in [1.82, 2.24) is 0 Å². The smallest absolute Gasteiger partial charge is 0.255 e. The lowest BCUT2D eigenvalue weighted by atomic mass is 10.1. The highest BCUT2D eigenvalue weighted by Gasteiger charge is 2.09. The van der Waals surface area contributed by atoms with Crippen molar-refractivity contribution in [2.75, 3.05) is 23.8 Å². The molecular weight excluding hydrogens is 452 g/mol. The van der Waals surface area contributed by atoms with Gasteiger partial charge in [-0.05, 0) is 97.5 Å². The fourth-order valence-electron chi connectivity index (χ4n) is 3.27. The molecule has 0 atom stereocenters. The van der Waals surface area contributed by atoms with Gasteiger partial charge in [-0.3, -0.25) is 9.59 Å². The second-order valence-electron chi connectivity index (χ2n) is 9.60. The molecule has 0 radical (unpaired) electrons. The van der Waals surface area contributed by atoms with Gasteiger partial charge in [0, 0.05) is 22.5 Å². The molecule has 190 valence electrons. The van der Waals surface area contributed by atoms with Crippen molar-refractivity contribution in [2.24, 2.45) is 11.8 Å². The normalized spacial score (nSPS) is 10.8. The zero-order valence-corrected chi connectivity index (χ0v) is 21.5. The van der Waals surface area contributed by atoms with E-state index in [1.54, 1.807) is 72.8 Å². The summed E-state index contributed by atoms with van der Waals surface area (Å²) in [5.41, 5.74) is 2.36. The highest BCUT2D eigenvalue weighted by molar-refractivity contribution is 6.05. The van der Waals surface area contributed by atoms with E-state index in [0.717, 1.165) is 24.3 Å². The fraction of sp³-hybridized carbons (Fsp3) is 0.333. The van der Waals surface area contributed by atoms with Gasteiger partial charge in [0.1, 0.15) is 11.5 Å². The van der Waals surface area contributed by atoms with Gasteiger partial charge in [-0.2, -0.15) is 0 Å². The Hall–Kier alpha value is -3.80. The average Bonchev–Trinajstić information content (AvgIpc) is 2.85. The van der Waals surface area contributed by atoms with E-state index in [9.17, 15) is 9.59 Å². The molecule has 0 saturated heterocycles. The molecule has 2 amide bonds. The maximum Gasteiger partial charge on any atom is 0.255 e. The molecule has 0 unspecified atom stereocenters. The Labute approximate surface area is 214 Å². The molecule has 0 spiro atoms. The van der Waals surface area contributed by atoms with E-state index < -0.39 is 0 Å². The Morgan fingerprint density at radius 2 is 0.917 bits per heavy atom. The number of hydrogen-bond donors (Lipinski definition) is 2. The Balaban J connectivity index is 1.48. The van der Waals surface area contributed by atoms with E-state index in [1.807, 2.05) is 0 Å². The summed E-state index contributed by atoms with van der Waals surface area (Å²) in [4.78, 5) is 25.1. The van der Waals surface area contributed by atoms with Crippen LogP contribution in [0.4, 0.5) is 11.4 Å². The largest absolute Gasteiger partial charge is 0.494 e. The van der Waals surface area contributed by atoms with Gasteiger partial charge >= 0.3 is 0 Å². The minimum atomic E-state index is -0.212. The summed E-state index contributed by atoms with van der Waals surface area (Å²) in [5.74, 6) is 2.25. The molecule has 0 saturated carbocycles. The quantitative estimate of drug-likeness (QED) is 0.287. The molecule has 0 aliphatic rings. The van der Waals surface area contributed by atoms with Crippen molar-refractivity contribution in [2.45, 2.75) is 40.5 Å². The third-order valence-electron chi connectivity index (χ3n) is 5.56. The first-order chi connectivity index (χ1) is 17.3. The van der Waals surface area contributed by atoms with Gasteiger partial charge in [0.15, 0.2) is 0 Å². The van der Waals surface area contributed by atoms with Crippen molar-refractivity contribution >= 4 is 23.2 Å². The summed E-state index contributed by atoms with van der Waals surface area (Å²) in [6.07, 6.45) is 1.97. The van der Waals surface area contributed by atoms with E-state index in [2.05, 4.69) is 38.3 Å². The Morgan fingerprint density at radius 1 is 0.583 bits per heavy atom. The fourth-order valence-corrected chi connectivity index (χ4v) is 3.27. The topological polar surface area (TPSA) is 76.7 Å². The highest BCUT2D eigenvalue weighted by atomic mass is 16.5. The van der Waals surface area contributed by atoms with Crippen LogP contribution in [0.15, 0.2) is 72.8 Å². The zero-order chi connectivity index (χ0) is 25.9. The standard InChI is InChI=1S/C30H36N2O4/c1-21(2)17-19-35-27-13-5-23(6-14-27)29(33)31-25-9-11-26(12-10-25)32-30(34)24-7-15-28(16-8-24)36-20-18-22(3)4/h5-16,21-22H,17-20H2,1-4H3,(H,31,33)(H,32,34). The molecule has 0 fully saturated rings. The lowest BCUT2D eigenvalue weighted by molar-refractivity contribution is 0.101. The van der Waals surface area contributed by atoms with Gasteiger partial charge < -0.3 is 20.1 Å². The van der Waals surface area contributed by atoms with E-state index in [-0.39, 0.29) is 11.8 Å². The third-order valence-corrected chi connectivity index (χ3v) is 5.56. The van der Waals surface area contributed by atoms with Gasteiger partial charge in [-0.25, -0.2) is 0 Å². The SMILES string of the molecule is CC(C)CCOc1ccc(C(=O)Nc2ccc(NC(=O)c3ccc(OCCC(C)C)cc3)cc2)cc1. The summed E-state index contributed by atoms with van der Waals surface area (Å²) in [7, 11) is 0. The average molecular weight is 489 g/mol. The molecule has 6 nitrogen and oxygen atoms in total. The number of carbonyl (C=O) groups excluding carboxylic acids is 2. The molecule has 0 aliphatic carbocycles. The third kappa shape index (κ3) is 8.77. The predicted molar refractivity (Wildman–Crippen MR) is 145 cm³/mol. The molecule has 0 aliphatic heterocycles. The van der Waals surface area contributed by atoms with Gasteiger partial charge in [0.05, 0.1) is 13.2 Å². The van der Waals surface area contributed by atoms with Crippen LogP contribution in [0.1, 0.15) is 61.3 Å². The molecule has 0 aromatic heterocycles. The van der Waals surface area contributed by atoms with Crippen LogP contribution in [0.5, 0.6) is 11.5 Å². The van der Waals surface area contributed by atoms with E-state index in [1.165, 1.54) is 0 Å². The first-order valence-corrected chi connectivity index (χ1v) is 12.5. The highest BCUT2D eigenvalue weighted by Crippen LogP contribution is 2.19. The number of hydrogen-bond acceptors (Lipinski definition) is 4. The number of benzene rings is 3. The zero-order valence-electron chi connectivity index (χ0n) is 21.5. The van der Waals surface area contributed by atoms with Crippen molar-refractivity contribution in [3.05, 3.63) is 83.9 Å². The van der Waals surface area contributed by atoms with Crippen LogP contribution in [0.25, 0.3) is 0 Å². The molecule has 6 heteroatoms. The van der Waals surface area contributed by atoms with Crippen LogP contribution >= 0.6 is 0 Å². The first kappa shape index (κ1) is 26.8. The van der Waals surface area contributed by atoms with E-state index in [4.69, 9.17) is 9.47 Å². The van der Waals surface area contributed by atoms with Crippen LogP contribution < -0.4 is 20.1 Å². The number of nitrogens with one attached hydrogen (secondary N) is 2. The minimum absolute atomic E-state index is 0.212. The molecule has 36 heavy (non-hydrogen) atoms. The number of rotatable bonds is 12. The van der Waals surface area contributed by atoms with Gasteiger partial charge in [0.25, 0.3) is 11.8 Å². The Bertz CT molecular complexity index is 1010. The number of ether oxygens (including phenoxy) is 2. The number of anilines is 2. The summed E-state index contributed by atoms with van der Waals surface area (Å²) in [6, 6.07) is 21.2. The van der Waals surface area contributed by atoms with E-state index in [0.29, 0.717) is 47.6 Å². The monoisotopic (exact) mass is 488 g/mol. The summed E-state index contributed by atoms with van der Waals surface area (Å²) < 4.78 is 11.4. The van der Waals surface area contributed by atoms with Crippen molar-refractivity contribution in [1.29, 1.82) is 0 Å². The van der Waals surface area contributed by atoms with Gasteiger partial charge in [-0.15, -0.1) is 0 Å². The Morgan fingerprint density at radius 3 is 1.22 bits per heavy atom. The second-order valence-corrected chi connectivity index (χ2v) is 9.60. The van der Waals surface area contributed by atoms with Crippen molar-refractivity contribution < 1.29 is 19.1 Å². The molecule has 3 aromatic rings. The van der Waals surface area contributed by atoms with Crippen molar-refractivity contribution in [3.63, 3.8) is 0 Å². The molecule has 3 aromatic carbocycles. The summed E-state index contributed by atoms with van der Waals surface area (Å²) in [5, 5.41) is 5.74. The second kappa shape index (κ2) is 13.3. The van der Waals surface area contributed by atoms with Crippen LogP contribution in [-0.4, -0.2) is 25.0 Å². The van der Waals surface area contributed by atoms with Crippen LogP contribution in [0, 0.1) is 11.8 Å². The maximum atomic E-state index is 12.6. The van der Waals surface area contributed by atoms with Gasteiger partial charge in [0.2, 0.25) is 0 Å². The summed E-state index contributed by atoms with van der Waals surface area (Å²) in [6.45, 7) is 9.93. The minimum Gasteiger partial charge on any atom is -0.494 e. The lowest BCUT2D eigenvalue weighted by Crippen LogP contribution is -2.13. The molecule has 0 heterocycles. The van der Waals surface area contributed by atoms with Gasteiger partial charge in [-0.1, -0.05) is 27.7 Å². The van der Waals surface area contributed by atoms with Crippen molar-refractivity contribution in [3.8, 4) is 11.5 Å². The predicted octanol–water partition coefficient (Wildman–Crippen LogP) is 7.04. The maximum absolute atomic E-state index is 12.6. The number of carbonyl (C=O) groups is 2. The number of amides is 2.